The molecule has 1 nitrogen and oxygen atoms in total. The van der Waals surface area contributed by atoms with Gasteiger partial charge in [-0.2, -0.15) is 4.39 Å². The first-order chi connectivity index (χ1) is 14.6. The van der Waals surface area contributed by atoms with Crippen LogP contribution in [0.2, 0.25) is 0 Å². The van der Waals surface area contributed by atoms with Crippen molar-refractivity contribution in [3.63, 3.8) is 0 Å². The van der Waals surface area contributed by atoms with Gasteiger partial charge in [-0.25, -0.2) is 4.39 Å². The summed E-state index contributed by atoms with van der Waals surface area (Å²) in [6.07, 6.45) is 16.1. The highest BCUT2D eigenvalue weighted by molar-refractivity contribution is 5.33. The molecule has 3 saturated carbocycles. The van der Waals surface area contributed by atoms with Gasteiger partial charge in [0.15, 0.2) is 11.6 Å². The molecular formula is C27H36F2O. The number of allylic oxidation sites excluding steroid dienone is 1. The van der Waals surface area contributed by atoms with E-state index in [2.05, 4.69) is 19.2 Å². The summed E-state index contributed by atoms with van der Waals surface area (Å²) in [4.78, 5) is 0. The molecule has 3 fully saturated rings. The fraction of sp³-hybridized carbons (Fsp3) is 0.630. The van der Waals surface area contributed by atoms with Crippen molar-refractivity contribution in [1.82, 2.24) is 0 Å². The Labute approximate surface area is 180 Å². The Kier molecular flexibility index (Phi) is 6.95. The lowest BCUT2D eigenvalue weighted by Crippen LogP contribution is -2.34. The van der Waals surface area contributed by atoms with E-state index in [1.807, 2.05) is 0 Å². The van der Waals surface area contributed by atoms with Gasteiger partial charge in [0.2, 0.25) is 5.82 Å². The maximum absolute atomic E-state index is 14.8. The summed E-state index contributed by atoms with van der Waals surface area (Å²) in [5, 5.41) is 0. The molecule has 4 unspecified atom stereocenters. The van der Waals surface area contributed by atoms with Gasteiger partial charge in [0.25, 0.3) is 0 Å². The van der Waals surface area contributed by atoms with Crippen molar-refractivity contribution in [1.29, 1.82) is 0 Å². The van der Waals surface area contributed by atoms with E-state index in [9.17, 15) is 8.78 Å². The zero-order valence-electron chi connectivity index (χ0n) is 18.1. The highest BCUT2D eigenvalue weighted by atomic mass is 19.2. The Morgan fingerprint density at radius 2 is 1.43 bits per heavy atom. The van der Waals surface area contributed by atoms with Crippen LogP contribution in [-0.2, 0) is 0 Å². The summed E-state index contributed by atoms with van der Waals surface area (Å²) < 4.78 is 34.5. The predicted molar refractivity (Wildman–Crippen MR) is 119 cm³/mol. The second-order valence-corrected chi connectivity index (χ2v) is 9.89. The first-order valence-electron chi connectivity index (χ1n) is 11.9. The quantitative estimate of drug-likeness (QED) is 0.431. The third-order valence-electron chi connectivity index (χ3n) is 8.34. The van der Waals surface area contributed by atoms with Crippen molar-refractivity contribution in [2.75, 3.05) is 6.61 Å². The van der Waals surface area contributed by atoms with Gasteiger partial charge < -0.3 is 4.74 Å². The number of rotatable bonds is 6. The minimum Gasteiger partial charge on any atom is -0.486 e. The molecule has 0 bridgehead atoms. The van der Waals surface area contributed by atoms with E-state index in [0.29, 0.717) is 11.5 Å². The molecule has 3 heteroatoms. The van der Waals surface area contributed by atoms with E-state index in [0.717, 1.165) is 42.9 Å². The molecule has 0 aromatic heterocycles. The Balaban J connectivity index is 1.36. The molecule has 4 atom stereocenters. The van der Waals surface area contributed by atoms with E-state index in [1.165, 1.54) is 51.0 Å². The van der Waals surface area contributed by atoms with Crippen molar-refractivity contribution >= 4 is 0 Å². The smallest absolute Gasteiger partial charge is 0.200 e. The van der Waals surface area contributed by atoms with Gasteiger partial charge >= 0.3 is 0 Å². The topological polar surface area (TPSA) is 9.23 Å². The normalized spacial score (nSPS) is 34.1. The molecule has 1 aromatic rings. The highest BCUT2D eigenvalue weighted by Gasteiger charge is 2.39. The first kappa shape index (κ1) is 21.6. The summed E-state index contributed by atoms with van der Waals surface area (Å²) in [5.41, 5.74) is 0.543. The molecule has 0 spiro atoms. The molecule has 0 heterocycles. The number of benzene rings is 1. The average molecular weight is 415 g/mol. The van der Waals surface area contributed by atoms with Crippen LogP contribution in [0.1, 0.15) is 75.7 Å². The summed E-state index contributed by atoms with van der Waals surface area (Å²) in [5.74, 6) is 2.51. The Hall–Kier alpha value is -1.64. The van der Waals surface area contributed by atoms with Crippen molar-refractivity contribution in [2.45, 2.75) is 70.1 Å². The zero-order valence-corrected chi connectivity index (χ0v) is 18.1. The number of hydrogen-bond acceptors (Lipinski definition) is 1. The predicted octanol–water partition coefficient (Wildman–Crippen LogP) is 7.82. The monoisotopic (exact) mass is 414 g/mol. The van der Waals surface area contributed by atoms with Crippen LogP contribution in [0, 0.1) is 41.2 Å². The van der Waals surface area contributed by atoms with Crippen molar-refractivity contribution < 1.29 is 13.5 Å². The molecule has 4 rings (SSSR count). The van der Waals surface area contributed by atoms with Gasteiger partial charge in [-0.15, -0.1) is 6.58 Å². The minimum absolute atomic E-state index is 0.0171. The molecule has 0 aliphatic heterocycles. The zero-order chi connectivity index (χ0) is 21.1. The van der Waals surface area contributed by atoms with Crippen LogP contribution < -0.4 is 4.74 Å². The molecule has 30 heavy (non-hydrogen) atoms. The number of ether oxygens (including phenoxy) is 1. The van der Waals surface area contributed by atoms with Gasteiger partial charge in [0.05, 0.1) is 0 Å². The standard InChI is InChI=1S/C27H36F2O/c1-3-15-30-25-14-13-24(26(28)27(25)29)23-12-11-21-16-20(9-10-22(21)17-23)19-7-5-18(4-2)6-8-19/h3-4,13-14,18-23H,1-2,5-12,15-17H2. The second kappa shape index (κ2) is 9.66. The van der Waals surface area contributed by atoms with Crippen LogP contribution in [0.4, 0.5) is 8.78 Å². The Morgan fingerprint density at radius 1 is 0.800 bits per heavy atom. The number of fused-ring (bicyclic) bond motifs is 1. The molecule has 3 aliphatic rings. The fourth-order valence-electron chi connectivity index (χ4n) is 6.61. The molecule has 164 valence electrons. The summed E-state index contributed by atoms with van der Waals surface area (Å²) in [7, 11) is 0. The third kappa shape index (κ3) is 4.50. The van der Waals surface area contributed by atoms with Crippen LogP contribution in [0.25, 0.3) is 0 Å². The van der Waals surface area contributed by atoms with Crippen LogP contribution >= 0.6 is 0 Å². The number of halogens is 2. The summed E-state index contributed by atoms with van der Waals surface area (Å²) in [6.45, 7) is 7.71. The van der Waals surface area contributed by atoms with Crippen molar-refractivity contribution in [2.24, 2.45) is 29.6 Å². The Morgan fingerprint density at radius 3 is 2.13 bits per heavy atom. The van der Waals surface area contributed by atoms with Crippen molar-refractivity contribution in [3.05, 3.63) is 54.6 Å². The molecule has 0 amide bonds. The second-order valence-electron chi connectivity index (χ2n) is 9.89. The average Bonchev–Trinajstić information content (AvgIpc) is 2.79. The molecule has 3 aliphatic carbocycles. The molecular weight excluding hydrogens is 378 g/mol. The lowest BCUT2D eigenvalue weighted by molar-refractivity contribution is 0.0743. The van der Waals surface area contributed by atoms with Gasteiger partial charge in [0.1, 0.15) is 6.61 Å². The van der Waals surface area contributed by atoms with Gasteiger partial charge in [-0.3, -0.25) is 0 Å². The van der Waals surface area contributed by atoms with E-state index >= 15 is 0 Å². The molecule has 0 radical (unpaired) electrons. The van der Waals surface area contributed by atoms with Gasteiger partial charge in [0, 0.05) is 0 Å². The molecule has 0 N–H and O–H groups in total. The fourth-order valence-corrected chi connectivity index (χ4v) is 6.61. The lowest BCUT2D eigenvalue weighted by Gasteiger charge is -2.45. The minimum atomic E-state index is -0.852. The first-order valence-corrected chi connectivity index (χ1v) is 11.9. The largest absolute Gasteiger partial charge is 0.486 e. The van der Waals surface area contributed by atoms with Crippen LogP contribution in [-0.4, -0.2) is 6.61 Å². The highest BCUT2D eigenvalue weighted by Crippen LogP contribution is 2.51. The van der Waals surface area contributed by atoms with E-state index in [4.69, 9.17) is 4.74 Å². The maximum Gasteiger partial charge on any atom is 0.200 e. The Bertz CT molecular complexity index is 749. The van der Waals surface area contributed by atoms with E-state index in [-0.39, 0.29) is 18.3 Å². The maximum atomic E-state index is 14.8. The van der Waals surface area contributed by atoms with Gasteiger partial charge in [-0.1, -0.05) is 24.8 Å². The van der Waals surface area contributed by atoms with E-state index < -0.39 is 11.6 Å². The van der Waals surface area contributed by atoms with Crippen molar-refractivity contribution in [3.8, 4) is 5.75 Å². The number of hydrogen-bond donors (Lipinski definition) is 0. The third-order valence-corrected chi connectivity index (χ3v) is 8.34. The summed E-state index contributed by atoms with van der Waals surface area (Å²) in [6, 6.07) is 3.32. The van der Waals surface area contributed by atoms with Crippen LogP contribution in [0.15, 0.2) is 37.4 Å². The molecule has 1 aromatic carbocycles. The van der Waals surface area contributed by atoms with Crippen LogP contribution in [0.3, 0.4) is 0 Å². The van der Waals surface area contributed by atoms with Gasteiger partial charge in [-0.05, 0) is 111 Å². The SMILES string of the molecule is C=CCOc1ccc(C2CCC3CC(C4CCC(C=C)CC4)CCC3C2)c(F)c1F. The van der Waals surface area contributed by atoms with E-state index in [1.54, 1.807) is 12.1 Å². The lowest BCUT2D eigenvalue weighted by atomic mass is 9.60. The molecule has 0 saturated heterocycles. The summed E-state index contributed by atoms with van der Waals surface area (Å²) >= 11 is 0. The van der Waals surface area contributed by atoms with Crippen LogP contribution in [0.5, 0.6) is 5.75 Å².